The Bertz CT molecular complexity index is 876. The summed E-state index contributed by atoms with van der Waals surface area (Å²) in [6.07, 6.45) is 1.97. The van der Waals surface area contributed by atoms with Crippen molar-refractivity contribution in [1.29, 1.82) is 0 Å². The second-order valence-corrected chi connectivity index (χ2v) is 8.09. The van der Waals surface area contributed by atoms with Gasteiger partial charge in [0.2, 0.25) is 0 Å². The van der Waals surface area contributed by atoms with E-state index in [9.17, 15) is 19.7 Å². The number of anilines is 1. The number of nitro benzene ring substituents is 1. The number of amides is 1. The summed E-state index contributed by atoms with van der Waals surface area (Å²) in [6.45, 7) is 3.63. The molecule has 0 atom stereocenters. The highest BCUT2D eigenvalue weighted by molar-refractivity contribution is 7.09. The molecule has 1 aliphatic rings. The molecule has 0 aliphatic carbocycles. The summed E-state index contributed by atoms with van der Waals surface area (Å²) in [5, 5.41) is 15.7. The van der Waals surface area contributed by atoms with E-state index in [4.69, 9.17) is 4.74 Å². The quantitative estimate of drug-likeness (QED) is 0.421. The second kappa shape index (κ2) is 9.51. The maximum atomic E-state index is 12.6. The first-order valence-electron chi connectivity index (χ1n) is 9.43. The van der Waals surface area contributed by atoms with E-state index in [0.717, 1.165) is 30.8 Å². The van der Waals surface area contributed by atoms with Gasteiger partial charge in [-0.05, 0) is 36.3 Å². The fourth-order valence-electron chi connectivity index (χ4n) is 3.19. The number of hydrogen-bond acceptors (Lipinski definition) is 7. The molecule has 0 bridgehead atoms. The van der Waals surface area contributed by atoms with Crippen molar-refractivity contribution in [3.05, 3.63) is 56.3 Å². The smallest absolute Gasteiger partial charge is 0.341 e. The fourth-order valence-corrected chi connectivity index (χ4v) is 3.83. The van der Waals surface area contributed by atoms with Crippen molar-refractivity contribution in [2.24, 2.45) is 5.92 Å². The number of nitrogens with one attached hydrogen (secondary N) is 1. The molecule has 1 N–H and O–H groups in total. The first-order chi connectivity index (χ1) is 13.9. The van der Waals surface area contributed by atoms with Crippen LogP contribution in [0.4, 0.5) is 11.4 Å². The standard InChI is InChI=1S/C20H23N3O5S/c1-14-6-8-22(9-7-14)18-5-4-15(23(26)27)11-17(18)20(25)28-13-19(24)21-12-16-3-2-10-29-16/h2-5,10-11,14H,6-9,12-13H2,1H3,(H,21,24). The average Bonchev–Trinajstić information content (AvgIpc) is 3.24. The Morgan fingerprint density at radius 1 is 1.31 bits per heavy atom. The summed E-state index contributed by atoms with van der Waals surface area (Å²) in [5.41, 5.74) is 0.527. The highest BCUT2D eigenvalue weighted by Gasteiger charge is 2.24. The lowest BCUT2D eigenvalue weighted by molar-refractivity contribution is -0.384. The van der Waals surface area contributed by atoms with E-state index in [-0.39, 0.29) is 11.3 Å². The lowest BCUT2D eigenvalue weighted by atomic mass is 9.98. The fraction of sp³-hybridized carbons (Fsp3) is 0.400. The van der Waals surface area contributed by atoms with Crippen molar-refractivity contribution < 1.29 is 19.2 Å². The number of carbonyl (C=O) groups is 2. The normalized spacial score (nSPS) is 14.4. The highest BCUT2D eigenvalue weighted by Crippen LogP contribution is 2.29. The van der Waals surface area contributed by atoms with Crippen molar-refractivity contribution in [3.8, 4) is 0 Å². The van der Waals surface area contributed by atoms with E-state index in [1.807, 2.05) is 22.4 Å². The molecule has 2 heterocycles. The largest absolute Gasteiger partial charge is 0.452 e. The zero-order chi connectivity index (χ0) is 20.8. The molecule has 0 unspecified atom stereocenters. The van der Waals surface area contributed by atoms with Crippen LogP contribution in [0.5, 0.6) is 0 Å². The van der Waals surface area contributed by atoms with Gasteiger partial charge in [0, 0.05) is 30.1 Å². The van der Waals surface area contributed by atoms with Crippen LogP contribution in [0.2, 0.25) is 0 Å². The Morgan fingerprint density at radius 2 is 2.07 bits per heavy atom. The molecule has 1 aliphatic heterocycles. The Morgan fingerprint density at radius 3 is 2.72 bits per heavy atom. The molecule has 0 spiro atoms. The van der Waals surface area contributed by atoms with E-state index in [1.54, 1.807) is 6.07 Å². The van der Waals surface area contributed by atoms with E-state index in [1.165, 1.54) is 23.5 Å². The Labute approximate surface area is 172 Å². The van der Waals surface area contributed by atoms with Gasteiger partial charge in [0.25, 0.3) is 11.6 Å². The molecule has 154 valence electrons. The van der Waals surface area contributed by atoms with E-state index < -0.39 is 23.4 Å². The molecule has 8 nitrogen and oxygen atoms in total. The summed E-state index contributed by atoms with van der Waals surface area (Å²) in [4.78, 5) is 38.2. The third kappa shape index (κ3) is 5.54. The third-order valence-electron chi connectivity index (χ3n) is 4.91. The minimum Gasteiger partial charge on any atom is -0.452 e. The minimum atomic E-state index is -0.742. The topological polar surface area (TPSA) is 102 Å². The van der Waals surface area contributed by atoms with Crippen molar-refractivity contribution in [3.63, 3.8) is 0 Å². The summed E-state index contributed by atoms with van der Waals surface area (Å²) in [7, 11) is 0. The third-order valence-corrected chi connectivity index (χ3v) is 5.79. The monoisotopic (exact) mass is 417 g/mol. The van der Waals surface area contributed by atoms with Crippen LogP contribution in [0.3, 0.4) is 0 Å². The van der Waals surface area contributed by atoms with Gasteiger partial charge in [-0.3, -0.25) is 14.9 Å². The van der Waals surface area contributed by atoms with Gasteiger partial charge < -0.3 is 15.0 Å². The predicted octanol–water partition coefficient (Wildman–Crippen LogP) is 3.37. The van der Waals surface area contributed by atoms with Crippen molar-refractivity contribution in [1.82, 2.24) is 5.32 Å². The molecule has 2 aromatic rings. The van der Waals surface area contributed by atoms with Gasteiger partial charge in [-0.25, -0.2) is 4.79 Å². The number of carbonyl (C=O) groups excluding carboxylic acids is 2. The molecule has 1 aromatic carbocycles. The summed E-state index contributed by atoms with van der Waals surface area (Å²) in [5.74, 6) is -0.564. The van der Waals surface area contributed by atoms with Gasteiger partial charge >= 0.3 is 5.97 Å². The minimum absolute atomic E-state index is 0.111. The molecule has 0 radical (unpaired) electrons. The number of nitro groups is 1. The lowest BCUT2D eigenvalue weighted by Gasteiger charge is -2.33. The van der Waals surface area contributed by atoms with Crippen LogP contribution >= 0.6 is 11.3 Å². The van der Waals surface area contributed by atoms with Crippen molar-refractivity contribution >= 4 is 34.6 Å². The van der Waals surface area contributed by atoms with Gasteiger partial charge in [0.05, 0.1) is 22.7 Å². The molecule has 1 saturated heterocycles. The van der Waals surface area contributed by atoms with Crippen LogP contribution in [-0.2, 0) is 16.1 Å². The SMILES string of the molecule is CC1CCN(c2ccc([N+](=O)[O-])cc2C(=O)OCC(=O)NCc2cccs2)CC1. The molecule has 1 fully saturated rings. The highest BCUT2D eigenvalue weighted by atomic mass is 32.1. The summed E-state index contributed by atoms with van der Waals surface area (Å²) in [6, 6.07) is 7.97. The number of benzene rings is 1. The number of rotatable bonds is 7. The Kier molecular flexibility index (Phi) is 6.82. The first-order valence-corrected chi connectivity index (χ1v) is 10.3. The number of nitrogens with zero attached hydrogens (tertiary/aromatic N) is 2. The zero-order valence-electron chi connectivity index (χ0n) is 16.1. The second-order valence-electron chi connectivity index (χ2n) is 7.06. The van der Waals surface area contributed by atoms with Gasteiger partial charge in [-0.1, -0.05) is 13.0 Å². The zero-order valence-corrected chi connectivity index (χ0v) is 16.9. The van der Waals surface area contributed by atoms with Crippen LogP contribution in [-0.4, -0.2) is 36.5 Å². The van der Waals surface area contributed by atoms with Crippen molar-refractivity contribution in [2.75, 3.05) is 24.6 Å². The Balaban J connectivity index is 1.67. The molecule has 3 rings (SSSR count). The van der Waals surface area contributed by atoms with Crippen molar-refractivity contribution in [2.45, 2.75) is 26.3 Å². The van der Waals surface area contributed by atoms with E-state index in [0.29, 0.717) is 18.2 Å². The van der Waals surface area contributed by atoms with Crippen LogP contribution in [0.25, 0.3) is 0 Å². The average molecular weight is 417 g/mol. The van der Waals surface area contributed by atoms with Gasteiger partial charge in [0.15, 0.2) is 6.61 Å². The van der Waals surface area contributed by atoms with Gasteiger partial charge in [-0.2, -0.15) is 0 Å². The molecular weight excluding hydrogens is 394 g/mol. The lowest BCUT2D eigenvalue weighted by Crippen LogP contribution is -2.34. The Hall–Kier alpha value is -2.94. The van der Waals surface area contributed by atoms with Crippen LogP contribution in [0.1, 0.15) is 35.0 Å². The molecular formula is C20H23N3O5S. The predicted molar refractivity (Wildman–Crippen MR) is 110 cm³/mol. The van der Waals surface area contributed by atoms with E-state index >= 15 is 0 Å². The van der Waals surface area contributed by atoms with E-state index in [2.05, 4.69) is 12.2 Å². The molecule has 1 aromatic heterocycles. The maximum Gasteiger partial charge on any atom is 0.341 e. The maximum absolute atomic E-state index is 12.6. The molecule has 29 heavy (non-hydrogen) atoms. The summed E-state index contributed by atoms with van der Waals surface area (Å²) < 4.78 is 5.15. The molecule has 9 heteroatoms. The number of thiophene rings is 1. The van der Waals surface area contributed by atoms with Crippen LogP contribution in [0, 0.1) is 16.0 Å². The number of esters is 1. The molecule has 1 amide bonds. The van der Waals surface area contributed by atoms with Gasteiger partial charge in [-0.15, -0.1) is 11.3 Å². The number of non-ortho nitro benzene ring substituents is 1. The summed E-state index contributed by atoms with van der Waals surface area (Å²) >= 11 is 1.52. The number of hydrogen-bond donors (Lipinski definition) is 1. The number of piperidine rings is 1. The number of ether oxygens (including phenoxy) is 1. The van der Waals surface area contributed by atoms with Crippen LogP contribution in [0.15, 0.2) is 35.7 Å². The molecule has 0 saturated carbocycles. The van der Waals surface area contributed by atoms with Crippen LogP contribution < -0.4 is 10.2 Å². The van der Waals surface area contributed by atoms with Gasteiger partial charge in [0.1, 0.15) is 0 Å². The first kappa shape index (κ1) is 20.8.